The van der Waals surface area contributed by atoms with E-state index in [2.05, 4.69) is 4.99 Å². The van der Waals surface area contributed by atoms with Gasteiger partial charge in [0.15, 0.2) is 23.2 Å². The van der Waals surface area contributed by atoms with Gasteiger partial charge in [0.1, 0.15) is 12.4 Å². The van der Waals surface area contributed by atoms with Gasteiger partial charge in [0.05, 0.1) is 22.6 Å². The van der Waals surface area contributed by atoms with Crippen LogP contribution in [0.3, 0.4) is 0 Å². The number of carbonyl (C=O) groups excluding carboxylic acids is 1. The van der Waals surface area contributed by atoms with E-state index in [1.807, 2.05) is 0 Å². The minimum atomic E-state index is -0.575. The molecule has 1 N–H and O–H groups in total. The van der Waals surface area contributed by atoms with Crippen LogP contribution in [0, 0.1) is 15.5 Å². The molecule has 0 spiro atoms. The van der Waals surface area contributed by atoms with Gasteiger partial charge in [-0.2, -0.15) is 4.99 Å². The summed E-state index contributed by atoms with van der Waals surface area (Å²) in [6.45, 7) is 1.80. The van der Waals surface area contributed by atoms with E-state index in [0.29, 0.717) is 22.6 Å². The van der Waals surface area contributed by atoms with E-state index in [0.717, 1.165) is 0 Å². The average molecular weight is 469 g/mol. The van der Waals surface area contributed by atoms with Crippen LogP contribution in [0.1, 0.15) is 18.1 Å². The summed E-state index contributed by atoms with van der Waals surface area (Å²) in [6.07, 6.45) is 3.04. The number of fused-ring (bicyclic) bond motifs is 1. The Bertz CT molecular complexity index is 1270. The van der Waals surface area contributed by atoms with Crippen LogP contribution < -0.4 is 9.47 Å². The number of carbonyl (C=O) groups is 1. The van der Waals surface area contributed by atoms with Crippen molar-refractivity contribution in [3.05, 3.63) is 80.1 Å². The van der Waals surface area contributed by atoms with Gasteiger partial charge in [-0.25, -0.2) is 0 Å². The van der Waals surface area contributed by atoms with Gasteiger partial charge in [0.2, 0.25) is 0 Å². The van der Waals surface area contributed by atoms with Crippen LogP contribution in [0.5, 0.6) is 11.5 Å². The van der Waals surface area contributed by atoms with Crippen LogP contribution in [-0.2, 0) is 16.2 Å². The number of nitro groups is 1. The topological polar surface area (TPSA) is 127 Å². The number of nitrogens with one attached hydrogen (secondary N) is 1. The molecule has 0 unspecified atom stereocenters. The number of ether oxygens (including phenoxy) is 2. The SMILES string of the molecule is COc1cc(/C=C2\C(=N)N3OC(C)=CC3=NC2=O)cc(Cl)c1OCc1ccc([N+](=O)[O-])cc1. The molecule has 2 aliphatic heterocycles. The molecule has 0 bridgehead atoms. The summed E-state index contributed by atoms with van der Waals surface area (Å²) >= 11 is 6.41. The van der Waals surface area contributed by atoms with Crippen LogP contribution in [0.2, 0.25) is 5.02 Å². The van der Waals surface area contributed by atoms with E-state index in [1.54, 1.807) is 37.3 Å². The maximum absolute atomic E-state index is 12.5. The van der Waals surface area contributed by atoms with Crippen molar-refractivity contribution in [1.82, 2.24) is 5.06 Å². The minimum absolute atomic E-state index is 0.0173. The van der Waals surface area contributed by atoms with E-state index in [9.17, 15) is 14.9 Å². The summed E-state index contributed by atoms with van der Waals surface area (Å²) < 4.78 is 11.2. The van der Waals surface area contributed by atoms with E-state index in [1.165, 1.54) is 30.4 Å². The second kappa shape index (κ2) is 8.75. The first-order valence-electron chi connectivity index (χ1n) is 9.60. The van der Waals surface area contributed by atoms with Crippen molar-refractivity contribution in [2.75, 3.05) is 7.11 Å². The lowest BCUT2D eigenvalue weighted by Crippen LogP contribution is -2.38. The van der Waals surface area contributed by atoms with E-state index >= 15 is 0 Å². The number of hydroxylamine groups is 2. The van der Waals surface area contributed by atoms with Crippen molar-refractivity contribution in [2.45, 2.75) is 13.5 Å². The quantitative estimate of drug-likeness (QED) is 0.380. The summed E-state index contributed by atoms with van der Waals surface area (Å²) in [5.41, 5.74) is 1.21. The number of methoxy groups -OCH3 is 1. The zero-order valence-electron chi connectivity index (χ0n) is 17.5. The normalized spacial score (nSPS) is 16.2. The van der Waals surface area contributed by atoms with E-state index in [4.69, 9.17) is 31.3 Å². The zero-order chi connectivity index (χ0) is 23.7. The van der Waals surface area contributed by atoms with Gasteiger partial charge in [-0.15, -0.1) is 5.06 Å². The molecule has 2 heterocycles. The molecule has 0 saturated heterocycles. The number of aliphatic imine (C=N–C) groups is 1. The number of amides is 1. The van der Waals surface area contributed by atoms with Crippen molar-refractivity contribution < 1.29 is 24.0 Å². The third-order valence-corrected chi connectivity index (χ3v) is 5.05. The standard InChI is InChI=1S/C22H17ClN4O6/c1-12-7-19-25-22(28)16(21(24)26(19)33-12)8-14-9-17(23)20(18(10-14)31-2)32-11-13-3-5-15(6-4-13)27(29)30/h3-10,24H,11H2,1-2H3/b16-8+,24-21?. The fourth-order valence-electron chi connectivity index (χ4n) is 3.20. The van der Waals surface area contributed by atoms with Crippen LogP contribution in [0.25, 0.3) is 6.08 Å². The first kappa shape index (κ1) is 22.0. The summed E-state index contributed by atoms with van der Waals surface area (Å²) in [4.78, 5) is 32.1. The molecule has 4 rings (SSSR count). The third kappa shape index (κ3) is 4.41. The fraction of sp³-hybridized carbons (Fsp3) is 0.136. The smallest absolute Gasteiger partial charge is 0.282 e. The Morgan fingerprint density at radius 3 is 2.70 bits per heavy atom. The number of nitrogens with zero attached hydrogens (tertiary/aromatic N) is 3. The average Bonchev–Trinajstić information content (AvgIpc) is 3.16. The third-order valence-electron chi connectivity index (χ3n) is 4.77. The summed E-state index contributed by atoms with van der Waals surface area (Å²) in [7, 11) is 1.44. The Hall–Kier alpha value is -4.18. The van der Waals surface area contributed by atoms with Crippen LogP contribution in [0.15, 0.2) is 58.8 Å². The van der Waals surface area contributed by atoms with Gasteiger partial charge in [-0.3, -0.25) is 20.3 Å². The molecule has 0 saturated carbocycles. The molecule has 0 atom stereocenters. The molecule has 0 aromatic heterocycles. The molecule has 2 aromatic carbocycles. The molecule has 33 heavy (non-hydrogen) atoms. The Morgan fingerprint density at radius 2 is 2.03 bits per heavy atom. The largest absolute Gasteiger partial charge is 0.493 e. The Kier molecular flexibility index (Phi) is 5.84. The number of nitro benzene ring substituents is 1. The molecule has 2 aliphatic rings. The molecule has 1 amide bonds. The number of benzene rings is 2. The van der Waals surface area contributed by atoms with Crippen LogP contribution in [0.4, 0.5) is 5.69 Å². The summed E-state index contributed by atoms with van der Waals surface area (Å²) in [5, 5.41) is 20.5. The molecule has 0 aliphatic carbocycles. The van der Waals surface area contributed by atoms with Gasteiger partial charge in [0.25, 0.3) is 11.6 Å². The predicted molar refractivity (Wildman–Crippen MR) is 120 cm³/mol. The van der Waals surface area contributed by atoms with Crippen molar-refractivity contribution in [2.24, 2.45) is 4.99 Å². The second-order valence-corrected chi connectivity index (χ2v) is 7.48. The highest BCUT2D eigenvalue weighted by atomic mass is 35.5. The molecular formula is C22H17ClN4O6. The predicted octanol–water partition coefficient (Wildman–Crippen LogP) is 4.29. The number of non-ortho nitro benzene ring substituents is 1. The summed E-state index contributed by atoms with van der Waals surface area (Å²) in [6, 6.07) is 9.12. The van der Waals surface area contributed by atoms with Gasteiger partial charge >= 0.3 is 0 Å². The maximum Gasteiger partial charge on any atom is 0.282 e. The number of allylic oxidation sites excluding steroid dienone is 1. The Balaban J connectivity index is 1.57. The Morgan fingerprint density at radius 1 is 1.30 bits per heavy atom. The lowest BCUT2D eigenvalue weighted by Gasteiger charge is -2.23. The number of hydrogen-bond acceptors (Lipinski definition) is 7. The van der Waals surface area contributed by atoms with Gasteiger partial charge in [-0.1, -0.05) is 11.6 Å². The molecule has 11 heteroatoms. The maximum atomic E-state index is 12.5. The fourth-order valence-corrected chi connectivity index (χ4v) is 3.47. The molecular weight excluding hydrogens is 452 g/mol. The number of amidine groups is 2. The molecule has 0 radical (unpaired) electrons. The minimum Gasteiger partial charge on any atom is -0.493 e. The molecule has 2 aromatic rings. The lowest BCUT2D eigenvalue weighted by molar-refractivity contribution is -0.384. The van der Waals surface area contributed by atoms with Gasteiger partial charge in [0, 0.05) is 18.2 Å². The van der Waals surface area contributed by atoms with Crippen molar-refractivity contribution in [3.8, 4) is 11.5 Å². The zero-order valence-corrected chi connectivity index (χ0v) is 18.3. The number of hydrogen-bond donors (Lipinski definition) is 1. The van der Waals surface area contributed by atoms with E-state index < -0.39 is 10.8 Å². The highest BCUT2D eigenvalue weighted by Crippen LogP contribution is 2.38. The number of halogens is 1. The van der Waals surface area contributed by atoms with Gasteiger partial charge in [-0.05, 0) is 48.4 Å². The first-order valence-corrected chi connectivity index (χ1v) is 9.98. The van der Waals surface area contributed by atoms with Crippen LogP contribution >= 0.6 is 11.6 Å². The molecule has 168 valence electrons. The Labute approximate surface area is 192 Å². The summed E-state index contributed by atoms with van der Waals surface area (Å²) in [5.74, 6) is 0.635. The van der Waals surface area contributed by atoms with Gasteiger partial charge < -0.3 is 14.3 Å². The van der Waals surface area contributed by atoms with Crippen molar-refractivity contribution in [1.29, 1.82) is 5.41 Å². The van der Waals surface area contributed by atoms with E-state index in [-0.39, 0.29) is 40.3 Å². The second-order valence-electron chi connectivity index (χ2n) is 7.07. The number of rotatable bonds is 6. The molecule has 10 nitrogen and oxygen atoms in total. The van der Waals surface area contributed by atoms with Crippen molar-refractivity contribution >= 4 is 40.9 Å². The monoisotopic (exact) mass is 468 g/mol. The van der Waals surface area contributed by atoms with Crippen LogP contribution in [-0.4, -0.2) is 34.7 Å². The van der Waals surface area contributed by atoms with Crippen molar-refractivity contribution in [3.63, 3.8) is 0 Å². The highest BCUT2D eigenvalue weighted by Gasteiger charge is 2.34. The first-order chi connectivity index (χ1) is 15.8. The highest BCUT2D eigenvalue weighted by molar-refractivity contribution is 6.33. The lowest BCUT2D eigenvalue weighted by atomic mass is 10.1. The molecule has 0 fully saturated rings.